The van der Waals surface area contributed by atoms with E-state index in [0.717, 1.165) is 0 Å². The molecule has 2 aromatic carbocycles. The quantitative estimate of drug-likeness (QED) is 0.440. The summed E-state index contributed by atoms with van der Waals surface area (Å²) in [5, 5.41) is 3.89. The molecule has 7 nitrogen and oxygen atoms in total. The van der Waals surface area contributed by atoms with Crippen LogP contribution in [0.1, 0.15) is 26.4 Å². The van der Waals surface area contributed by atoms with Gasteiger partial charge in [-0.25, -0.2) is 9.67 Å². The Kier molecular flexibility index (Phi) is 4.47. The highest BCUT2D eigenvalue weighted by Gasteiger charge is 2.10. The van der Waals surface area contributed by atoms with Crippen molar-refractivity contribution in [1.29, 1.82) is 0 Å². The number of hydrogen-bond donors (Lipinski definition) is 1. The molecule has 0 saturated carbocycles. The van der Waals surface area contributed by atoms with Gasteiger partial charge in [0.25, 0.3) is 11.5 Å². The van der Waals surface area contributed by atoms with Crippen molar-refractivity contribution in [3.8, 4) is 0 Å². The minimum Gasteiger partial charge on any atom is -0.319 e. The normalized spacial score (nSPS) is 11.1. The maximum Gasteiger partial charge on any atom is 0.278 e. The summed E-state index contributed by atoms with van der Waals surface area (Å²) >= 11 is 0. The maximum absolute atomic E-state index is 12.4. The van der Waals surface area contributed by atoms with Crippen molar-refractivity contribution in [2.24, 2.45) is 0 Å². The van der Waals surface area contributed by atoms with E-state index in [1.807, 2.05) is 6.07 Å². The first-order chi connectivity index (χ1) is 13.6. The predicted octanol–water partition coefficient (Wildman–Crippen LogP) is 2.70. The number of rotatable bonds is 4. The molecule has 0 amide bonds. The van der Waals surface area contributed by atoms with Gasteiger partial charge in [-0.05, 0) is 42.5 Å². The van der Waals surface area contributed by atoms with Crippen molar-refractivity contribution in [2.75, 3.05) is 0 Å². The van der Waals surface area contributed by atoms with Crippen molar-refractivity contribution in [1.82, 2.24) is 19.7 Å². The smallest absolute Gasteiger partial charge is 0.278 e. The Morgan fingerprint density at radius 2 is 1.71 bits per heavy atom. The Balaban J connectivity index is 1.54. The van der Waals surface area contributed by atoms with Crippen molar-refractivity contribution in [3.05, 3.63) is 100 Å². The molecule has 4 aromatic rings. The second-order valence-electron chi connectivity index (χ2n) is 6.00. The first-order valence-electron chi connectivity index (χ1n) is 8.48. The number of aromatic nitrogens is 4. The molecule has 0 saturated heterocycles. The fraction of sp³-hybridized carbons (Fsp3) is 0. The van der Waals surface area contributed by atoms with E-state index in [0.29, 0.717) is 22.2 Å². The zero-order valence-corrected chi connectivity index (χ0v) is 14.6. The van der Waals surface area contributed by atoms with Gasteiger partial charge in [-0.3, -0.25) is 14.4 Å². The molecular formula is C21H14N4O3. The summed E-state index contributed by atoms with van der Waals surface area (Å²) < 4.78 is 1.22. The van der Waals surface area contributed by atoms with Crippen LogP contribution in [0.3, 0.4) is 0 Å². The van der Waals surface area contributed by atoms with Gasteiger partial charge in [-0.1, -0.05) is 24.3 Å². The monoisotopic (exact) mass is 370 g/mol. The molecule has 4 rings (SSSR count). The Morgan fingerprint density at radius 1 is 0.964 bits per heavy atom. The summed E-state index contributed by atoms with van der Waals surface area (Å²) in [6.45, 7) is 0. The van der Waals surface area contributed by atoms with Crippen LogP contribution in [-0.2, 0) is 0 Å². The van der Waals surface area contributed by atoms with Crippen molar-refractivity contribution in [3.63, 3.8) is 0 Å². The van der Waals surface area contributed by atoms with E-state index in [1.54, 1.807) is 54.7 Å². The summed E-state index contributed by atoms with van der Waals surface area (Å²) in [5.74, 6) is -0.584. The molecule has 2 heterocycles. The topological polar surface area (TPSA) is 97.7 Å². The zero-order valence-electron chi connectivity index (χ0n) is 14.6. The lowest BCUT2D eigenvalue weighted by atomic mass is 10.1. The largest absolute Gasteiger partial charge is 0.319 e. The summed E-state index contributed by atoms with van der Waals surface area (Å²) in [6.07, 6.45) is 5.74. The fourth-order valence-corrected chi connectivity index (χ4v) is 2.71. The zero-order chi connectivity index (χ0) is 19.5. The predicted molar refractivity (Wildman–Crippen MR) is 104 cm³/mol. The van der Waals surface area contributed by atoms with Crippen LogP contribution in [0.25, 0.3) is 17.1 Å². The molecule has 28 heavy (non-hydrogen) atoms. The van der Waals surface area contributed by atoms with E-state index in [4.69, 9.17) is 0 Å². The first-order valence-corrected chi connectivity index (χ1v) is 8.48. The molecule has 0 spiro atoms. The van der Waals surface area contributed by atoms with Gasteiger partial charge in [-0.2, -0.15) is 5.10 Å². The molecule has 0 bridgehead atoms. The second-order valence-corrected chi connectivity index (χ2v) is 6.00. The molecule has 136 valence electrons. The summed E-state index contributed by atoms with van der Waals surface area (Å²) in [6, 6.07) is 15.1. The first kappa shape index (κ1) is 17.3. The van der Waals surface area contributed by atoms with Gasteiger partial charge in [0.15, 0.2) is 5.78 Å². The highest BCUT2D eigenvalue weighted by Crippen LogP contribution is 2.10. The average Bonchev–Trinajstić information content (AvgIpc) is 3.26. The van der Waals surface area contributed by atoms with Crippen molar-refractivity contribution >= 4 is 28.8 Å². The number of allylic oxidation sites excluding steroid dienone is 1. The minimum absolute atomic E-state index is 0.150. The van der Waals surface area contributed by atoms with Gasteiger partial charge in [0, 0.05) is 23.5 Å². The number of benzene rings is 2. The maximum atomic E-state index is 12.4. The van der Waals surface area contributed by atoms with E-state index in [1.165, 1.54) is 23.0 Å². The summed E-state index contributed by atoms with van der Waals surface area (Å²) in [7, 11) is 0. The third-order valence-corrected chi connectivity index (χ3v) is 4.15. The highest BCUT2D eigenvalue weighted by atomic mass is 16.2. The molecule has 0 aliphatic rings. The molecular weight excluding hydrogens is 356 g/mol. The Morgan fingerprint density at radius 3 is 2.46 bits per heavy atom. The number of carbonyl (C=O) groups excluding carboxylic acids is 2. The lowest BCUT2D eigenvalue weighted by Crippen LogP contribution is -2.12. The lowest BCUT2D eigenvalue weighted by molar-refractivity contribution is 0.0944. The Hall–Kier alpha value is -4.13. The van der Waals surface area contributed by atoms with Crippen LogP contribution in [0.15, 0.2) is 77.9 Å². The fourth-order valence-electron chi connectivity index (χ4n) is 2.71. The van der Waals surface area contributed by atoms with Crippen molar-refractivity contribution < 1.29 is 9.59 Å². The van der Waals surface area contributed by atoms with E-state index in [9.17, 15) is 14.4 Å². The number of hydrogen-bond acceptors (Lipinski definition) is 5. The highest BCUT2D eigenvalue weighted by molar-refractivity contribution is 6.07. The second kappa shape index (κ2) is 7.24. The molecule has 1 N–H and O–H groups in total. The van der Waals surface area contributed by atoms with Gasteiger partial charge in [0.1, 0.15) is 5.69 Å². The molecule has 2 aromatic heterocycles. The standard InChI is InChI=1S/C21H14N4O3/c26-19(11-10-18-20(27)24-17-5-2-1-4-16(17)23-18)14-6-8-15(9-7-14)21(28)25-13-3-12-22-25/h1-13H,(H,24,27)/b11-10+. The van der Waals surface area contributed by atoms with Crippen LogP contribution in [-0.4, -0.2) is 31.4 Å². The summed E-state index contributed by atoms with van der Waals surface area (Å²) in [5.41, 5.74) is 1.85. The van der Waals surface area contributed by atoms with Crippen LogP contribution in [0.2, 0.25) is 0 Å². The lowest BCUT2D eigenvalue weighted by Gasteiger charge is -2.02. The average molecular weight is 370 g/mol. The number of nitrogens with zero attached hydrogens (tertiary/aromatic N) is 3. The van der Waals surface area contributed by atoms with E-state index >= 15 is 0 Å². The number of para-hydroxylation sites is 2. The van der Waals surface area contributed by atoms with Gasteiger partial charge in [0.2, 0.25) is 0 Å². The van der Waals surface area contributed by atoms with E-state index in [-0.39, 0.29) is 22.9 Å². The van der Waals surface area contributed by atoms with E-state index < -0.39 is 0 Å². The minimum atomic E-state index is -0.372. The number of H-pyrrole nitrogens is 1. The van der Waals surface area contributed by atoms with Gasteiger partial charge in [0.05, 0.1) is 11.0 Å². The number of aromatic amines is 1. The van der Waals surface area contributed by atoms with Crippen LogP contribution in [0, 0.1) is 0 Å². The number of carbonyl (C=O) groups is 2. The molecule has 0 aliphatic heterocycles. The summed E-state index contributed by atoms with van der Waals surface area (Å²) in [4.78, 5) is 43.7. The van der Waals surface area contributed by atoms with Gasteiger partial charge < -0.3 is 4.98 Å². The molecule has 0 radical (unpaired) electrons. The number of nitrogens with one attached hydrogen (secondary N) is 1. The molecule has 0 atom stereocenters. The molecule has 7 heteroatoms. The van der Waals surface area contributed by atoms with Gasteiger partial charge >= 0.3 is 0 Å². The molecule has 0 aliphatic carbocycles. The van der Waals surface area contributed by atoms with Crippen LogP contribution >= 0.6 is 0 Å². The SMILES string of the molecule is O=C(/C=C/c1nc2ccccc2[nH]c1=O)c1ccc(C(=O)n2cccn2)cc1. The van der Waals surface area contributed by atoms with E-state index in [2.05, 4.69) is 15.1 Å². The number of ketones is 1. The third-order valence-electron chi connectivity index (χ3n) is 4.15. The van der Waals surface area contributed by atoms with Crippen LogP contribution in [0.4, 0.5) is 0 Å². The van der Waals surface area contributed by atoms with Gasteiger partial charge in [-0.15, -0.1) is 0 Å². The molecule has 0 unspecified atom stereocenters. The Bertz CT molecular complexity index is 1250. The van der Waals surface area contributed by atoms with Crippen molar-refractivity contribution in [2.45, 2.75) is 0 Å². The van der Waals surface area contributed by atoms with Crippen LogP contribution < -0.4 is 5.56 Å². The molecule has 0 fully saturated rings. The van der Waals surface area contributed by atoms with Crippen LogP contribution in [0.5, 0.6) is 0 Å². The third kappa shape index (κ3) is 3.41. The number of fused-ring (bicyclic) bond motifs is 1. The Labute approximate surface area is 159 Å².